The zero-order chi connectivity index (χ0) is 12.1. The van der Waals surface area contributed by atoms with Gasteiger partial charge < -0.3 is 15.7 Å². The minimum atomic E-state index is -0.433. The van der Waals surface area contributed by atoms with Crippen molar-refractivity contribution in [2.24, 2.45) is 11.7 Å². The van der Waals surface area contributed by atoms with Gasteiger partial charge in [-0.05, 0) is 18.4 Å². The molecule has 1 saturated heterocycles. The lowest BCUT2D eigenvalue weighted by molar-refractivity contribution is -0.130. The summed E-state index contributed by atoms with van der Waals surface area (Å²) in [5.74, 6) is -0.0202. The summed E-state index contributed by atoms with van der Waals surface area (Å²) >= 11 is 1.67. The monoisotopic (exact) mass is 246 g/mol. The number of nitrogens with two attached hydrogens (primary N) is 1. The summed E-state index contributed by atoms with van der Waals surface area (Å²) in [5.41, 5.74) is 5.18. The molecule has 1 aliphatic rings. The van der Waals surface area contributed by atoms with Crippen LogP contribution in [0.15, 0.2) is 0 Å². The van der Waals surface area contributed by atoms with Crippen LogP contribution in [0, 0.1) is 5.92 Å². The van der Waals surface area contributed by atoms with E-state index in [4.69, 9.17) is 5.73 Å². The number of likely N-dealkylation sites (tertiary alicyclic amines) is 1. The molecule has 16 heavy (non-hydrogen) atoms. The lowest BCUT2D eigenvalue weighted by atomic mass is 10.1. The Morgan fingerprint density at radius 3 is 2.88 bits per heavy atom. The van der Waals surface area contributed by atoms with E-state index in [-0.39, 0.29) is 25.0 Å². The molecule has 0 bridgehead atoms. The maximum Gasteiger partial charge on any atom is 0.223 e. The Morgan fingerprint density at radius 1 is 1.75 bits per heavy atom. The van der Waals surface area contributed by atoms with Crippen LogP contribution in [0.25, 0.3) is 0 Å². The largest absolute Gasteiger partial charge is 0.394 e. The topological polar surface area (TPSA) is 83.6 Å². The summed E-state index contributed by atoms with van der Waals surface area (Å²) in [6, 6.07) is -0.177. The predicted octanol–water partition coefficient (Wildman–Crippen LogP) is -0.566. The van der Waals surface area contributed by atoms with Crippen molar-refractivity contribution in [3.63, 3.8) is 0 Å². The van der Waals surface area contributed by atoms with E-state index in [1.807, 2.05) is 6.26 Å². The fraction of sp³-hybridized carbons (Fsp3) is 0.800. The molecule has 3 N–H and O–H groups in total. The third-order valence-electron chi connectivity index (χ3n) is 2.87. The maximum atomic E-state index is 11.7. The molecule has 0 aromatic carbocycles. The van der Waals surface area contributed by atoms with Crippen LogP contribution < -0.4 is 5.73 Å². The fourth-order valence-electron chi connectivity index (χ4n) is 1.87. The molecular formula is C10H18N2O3S. The van der Waals surface area contributed by atoms with E-state index in [1.165, 1.54) is 0 Å². The van der Waals surface area contributed by atoms with Crippen LogP contribution in [0.4, 0.5) is 0 Å². The Bertz CT molecular complexity index is 273. The number of carbonyl (C=O) groups is 2. The van der Waals surface area contributed by atoms with Crippen LogP contribution in [0.2, 0.25) is 0 Å². The second kappa shape index (κ2) is 6.10. The SMILES string of the molecule is CSCC[C@@H](CO)N1CC(C(N)=O)CC1=O. The number of thioether (sulfide) groups is 1. The number of aliphatic hydroxyl groups is 1. The molecule has 1 unspecified atom stereocenters. The quantitative estimate of drug-likeness (QED) is 0.657. The van der Waals surface area contributed by atoms with Crippen LogP contribution in [-0.4, -0.2) is 53.0 Å². The molecule has 5 nitrogen and oxygen atoms in total. The minimum absolute atomic E-state index is 0.0578. The molecule has 2 amide bonds. The van der Waals surface area contributed by atoms with Gasteiger partial charge in [0.25, 0.3) is 0 Å². The zero-order valence-corrected chi connectivity index (χ0v) is 10.2. The van der Waals surface area contributed by atoms with Crippen LogP contribution in [-0.2, 0) is 9.59 Å². The van der Waals surface area contributed by atoms with Gasteiger partial charge in [0.05, 0.1) is 18.6 Å². The van der Waals surface area contributed by atoms with Crippen molar-refractivity contribution < 1.29 is 14.7 Å². The fourth-order valence-corrected chi connectivity index (χ4v) is 2.38. The van der Waals surface area contributed by atoms with Gasteiger partial charge in [-0.15, -0.1) is 0 Å². The van der Waals surface area contributed by atoms with Gasteiger partial charge in [-0.2, -0.15) is 11.8 Å². The normalized spacial score (nSPS) is 22.5. The van der Waals surface area contributed by atoms with Gasteiger partial charge in [0.15, 0.2) is 0 Å². The number of hydrogen-bond acceptors (Lipinski definition) is 4. The highest BCUT2D eigenvalue weighted by Crippen LogP contribution is 2.21. The zero-order valence-electron chi connectivity index (χ0n) is 9.39. The van der Waals surface area contributed by atoms with E-state index < -0.39 is 11.8 Å². The Labute approximate surface area is 99.4 Å². The molecular weight excluding hydrogens is 228 g/mol. The Balaban J connectivity index is 2.57. The van der Waals surface area contributed by atoms with Crippen LogP contribution in [0.3, 0.4) is 0 Å². The Kier molecular flexibility index (Phi) is 5.08. The second-order valence-electron chi connectivity index (χ2n) is 3.97. The van der Waals surface area contributed by atoms with Crippen molar-refractivity contribution in [1.82, 2.24) is 4.90 Å². The first-order valence-electron chi connectivity index (χ1n) is 5.28. The van der Waals surface area contributed by atoms with Crippen LogP contribution in [0.1, 0.15) is 12.8 Å². The molecule has 1 rings (SSSR count). The van der Waals surface area contributed by atoms with Crippen molar-refractivity contribution in [3.8, 4) is 0 Å². The van der Waals surface area contributed by atoms with Crippen molar-refractivity contribution in [1.29, 1.82) is 0 Å². The van der Waals surface area contributed by atoms with Gasteiger partial charge >= 0.3 is 0 Å². The van der Waals surface area contributed by atoms with Gasteiger partial charge in [0.1, 0.15) is 0 Å². The summed E-state index contributed by atoms with van der Waals surface area (Å²) in [4.78, 5) is 24.2. The number of aliphatic hydroxyl groups excluding tert-OH is 1. The second-order valence-corrected chi connectivity index (χ2v) is 4.95. The summed E-state index contributed by atoms with van der Waals surface area (Å²) in [6.07, 6.45) is 2.91. The summed E-state index contributed by atoms with van der Waals surface area (Å²) in [5, 5.41) is 9.24. The highest BCUT2D eigenvalue weighted by Gasteiger charge is 2.36. The summed E-state index contributed by atoms with van der Waals surface area (Å²) in [7, 11) is 0. The van der Waals surface area contributed by atoms with E-state index in [1.54, 1.807) is 16.7 Å². The lowest BCUT2D eigenvalue weighted by Gasteiger charge is -2.26. The highest BCUT2D eigenvalue weighted by atomic mass is 32.2. The smallest absolute Gasteiger partial charge is 0.223 e. The van der Waals surface area contributed by atoms with Gasteiger partial charge in [-0.1, -0.05) is 0 Å². The molecule has 0 aromatic heterocycles. The van der Waals surface area contributed by atoms with E-state index in [0.29, 0.717) is 6.54 Å². The lowest BCUT2D eigenvalue weighted by Crippen LogP contribution is -2.40. The molecule has 1 heterocycles. The number of carbonyl (C=O) groups excluding carboxylic acids is 2. The first kappa shape index (κ1) is 13.3. The van der Waals surface area contributed by atoms with E-state index >= 15 is 0 Å². The first-order chi connectivity index (χ1) is 7.60. The third kappa shape index (κ3) is 3.12. The van der Waals surface area contributed by atoms with E-state index in [2.05, 4.69) is 0 Å². The maximum absolute atomic E-state index is 11.7. The molecule has 2 atom stereocenters. The van der Waals surface area contributed by atoms with Crippen LogP contribution in [0.5, 0.6) is 0 Å². The molecule has 0 spiro atoms. The average molecular weight is 246 g/mol. The van der Waals surface area contributed by atoms with Crippen molar-refractivity contribution in [3.05, 3.63) is 0 Å². The van der Waals surface area contributed by atoms with Gasteiger partial charge in [-0.3, -0.25) is 9.59 Å². The Hall–Kier alpha value is -0.750. The minimum Gasteiger partial charge on any atom is -0.394 e. The highest BCUT2D eigenvalue weighted by molar-refractivity contribution is 7.98. The molecule has 0 radical (unpaired) electrons. The van der Waals surface area contributed by atoms with Gasteiger partial charge in [0.2, 0.25) is 11.8 Å². The standard InChI is InChI=1S/C10H18N2O3S/c1-16-3-2-8(6-13)12-5-7(10(11)15)4-9(12)14/h7-8,13H,2-6H2,1H3,(H2,11,15)/t7?,8-/m0/s1. The predicted molar refractivity (Wildman–Crippen MR) is 62.9 cm³/mol. The van der Waals surface area contributed by atoms with Gasteiger partial charge in [-0.25, -0.2) is 0 Å². The summed E-state index contributed by atoms with van der Waals surface area (Å²) < 4.78 is 0. The van der Waals surface area contributed by atoms with Crippen molar-refractivity contribution in [2.75, 3.05) is 25.2 Å². The van der Waals surface area contributed by atoms with Crippen LogP contribution >= 0.6 is 11.8 Å². The molecule has 1 fully saturated rings. The number of nitrogens with zero attached hydrogens (tertiary/aromatic N) is 1. The molecule has 0 aromatic rings. The molecule has 6 heteroatoms. The third-order valence-corrected chi connectivity index (χ3v) is 3.51. The van der Waals surface area contributed by atoms with E-state index in [9.17, 15) is 14.7 Å². The number of primary amides is 1. The molecule has 92 valence electrons. The van der Waals surface area contributed by atoms with Crippen molar-refractivity contribution >= 4 is 23.6 Å². The molecule has 1 aliphatic heterocycles. The first-order valence-corrected chi connectivity index (χ1v) is 6.68. The molecule has 0 aliphatic carbocycles. The Morgan fingerprint density at radius 2 is 2.44 bits per heavy atom. The van der Waals surface area contributed by atoms with E-state index in [0.717, 1.165) is 12.2 Å². The number of amides is 2. The number of rotatable bonds is 6. The number of hydrogen-bond donors (Lipinski definition) is 2. The van der Waals surface area contributed by atoms with Crippen molar-refractivity contribution in [2.45, 2.75) is 18.9 Å². The summed E-state index contributed by atoms with van der Waals surface area (Å²) in [6.45, 7) is 0.297. The average Bonchev–Trinajstić information content (AvgIpc) is 2.62. The van der Waals surface area contributed by atoms with Gasteiger partial charge in [0, 0.05) is 13.0 Å². The molecule has 0 saturated carbocycles.